The van der Waals surface area contributed by atoms with Crippen LogP contribution in [0, 0.1) is 5.92 Å². The number of nitrogens with zero attached hydrogens (tertiary/aromatic N) is 1. The molecule has 2 amide bonds. The summed E-state index contributed by atoms with van der Waals surface area (Å²) in [6, 6.07) is -0.343. The van der Waals surface area contributed by atoms with Gasteiger partial charge in [0.05, 0.1) is 0 Å². The van der Waals surface area contributed by atoms with Gasteiger partial charge in [0.1, 0.15) is 5.54 Å². The van der Waals surface area contributed by atoms with Crippen LogP contribution in [0.1, 0.15) is 39.0 Å². The first-order valence-electron chi connectivity index (χ1n) is 7.57. The number of aliphatic carboxylic acids is 1. The second kappa shape index (κ2) is 6.43. The van der Waals surface area contributed by atoms with Gasteiger partial charge in [-0.2, -0.15) is 0 Å². The lowest BCUT2D eigenvalue weighted by Crippen LogP contribution is -2.61. The third-order valence-electron chi connectivity index (χ3n) is 4.67. The Morgan fingerprint density at radius 2 is 1.95 bits per heavy atom. The highest BCUT2D eigenvalue weighted by Crippen LogP contribution is 2.31. The van der Waals surface area contributed by atoms with E-state index in [1.807, 2.05) is 0 Å². The van der Waals surface area contributed by atoms with Gasteiger partial charge in [-0.3, -0.25) is 0 Å². The summed E-state index contributed by atoms with van der Waals surface area (Å²) in [6.45, 7) is 6.06. The molecule has 0 aromatic carbocycles. The van der Waals surface area contributed by atoms with Gasteiger partial charge < -0.3 is 20.6 Å². The van der Waals surface area contributed by atoms with E-state index >= 15 is 0 Å². The normalized spacial score (nSPS) is 22.9. The molecule has 20 heavy (non-hydrogen) atoms. The number of amides is 2. The zero-order chi connectivity index (χ0) is 14.6. The van der Waals surface area contributed by atoms with Crippen LogP contribution in [-0.2, 0) is 4.79 Å². The zero-order valence-corrected chi connectivity index (χ0v) is 12.2. The number of likely N-dealkylation sites (tertiary alicyclic amines) is 1. The van der Waals surface area contributed by atoms with E-state index in [1.165, 1.54) is 0 Å². The Morgan fingerprint density at radius 1 is 1.30 bits per heavy atom. The van der Waals surface area contributed by atoms with Crippen molar-refractivity contribution in [2.45, 2.75) is 44.6 Å². The van der Waals surface area contributed by atoms with E-state index in [0.29, 0.717) is 25.3 Å². The van der Waals surface area contributed by atoms with Crippen molar-refractivity contribution in [3.8, 4) is 0 Å². The fourth-order valence-electron chi connectivity index (χ4n) is 2.93. The second-order valence-corrected chi connectivity index (χ2v) is 5.95. The molecule has 1 aliphatic heterocycles. The molecule has 6 nitrogen and oxygen atoms in total. The van der Waals surface area contributed by atoms with Gasteiger partial charge in [-0.25, -0.2) is 9.59 Å². The Kier molecular flexibility index (Phi) is 4.86. The molecule has 0 aromatic rings. The summed E-state index contributed by atoms with van der Waals surface area (Å²) in [6.07, 6.45) is 4.12. The zero-order valence-electron chi connectivity index (χ0n) is 12.2. The monoisotopic (exact) mass is 283 g/mol. The van der Waals surface area contributed by atoms with Gasteiger partial charge in [0, 0.05) is 6.54 Å². The predicted molar refractivity (Wildman–Crippen MR) is 75.6 cm³/mol. The topological polar surface area (TPSA) is 81.7 Å². The van der Waals surface area contributed by atoms with Crippen molar-refractivity contribution in [1.82, 2.24) is 15.5 Å². The van der Waals surface area contributed by atoms with Crippen molar-refractivity contribution < 1.29 is 14.7 Å². The van der Waals surface area contributed by atoms with Gasteiger partial charge in [-0.15, -0.1) is 0 Å². The molecule has 0 spiro atoms. The average molecular weight is 283 g/mol. The first kappa shape index (κ1) is 15.1. The summed E-state index contributed by atoms with van der Waals surface area (Å²) in [5.41, 5.74) is -1.02. The summed E-state index contributed by atoms with van der Waals surface area (Å²) < 4.78 is 0. The summed E-state index contributed by atoms with van der Waals surface area (Å²) >= 11 is 0. The molecule has 114 valence electrons. The molecule has 6 heteroatoms. The molecule has 1 saturated carbocycles. The number of hydrogen-bond acceptors (Lipinski definition) is 3. The predicted octanol–water partition coefficient (Wildman–Crippen LogP) is 1.02. The van der Waals surface area contributed by atoms with Crippen molar-refractivity contribution in [2.75, 3.05) is 26.2 Å². The van der Waals surface area contributed by atoms with Crippen LogP contribution in [0.15, 0.2) is 0 Å². The Bertz CT molecular complexity index is 361. The van der Waals surface area contributed by atoms with Gasteiger partial charge in [0.15, 0.2) is 0 Å². The molecule has 2 rings (SSSR count). The molecule has 2 fully saturated rings. The van der Waals surface area contributed by atoms with Crippen LogP contribution in [0.2, 0.25) is 0 Å². The molecular formula is C14H25N3O3. The molecule has 0 atom stereocenters. The van der Waals surface area contributed by atoms with Crippen molar-refractivity contribution >= 4 is 12.0 Å². The van der Waals surface area contributed by atoms with Crippen LogP contribution in [0.5, 0.6) is 0 Å². The van der Waals surface area contributed by atoms with Crippen molar-refractivity contribution in [2.24, 2.45) is 5.92 Å². The van der Waals surface area contributed by atoms with E-state index < -0.39 is 11.5 Å². The Balaban J connectivity index is 1.69. The maximum Gasteiger partial charge on any atom is 0.329 e. The molecule has 0 radical (unpaired) electrons. The van der Waals surface area contributed by atoms with E-state index in [0.717, 1.165) is 38.9 Å². The number of piperidine rings is 1. The number of carbonyl (C=O) groups excluding carboxylic acids is 1. The molecule has 3 N–H and O–H groups in total. The van der Waals surface area contributed by atoms with Crippen molar-refractivity contribution in [3.05, 3.63) is 0 Å². The summed E-state index contributed by atoms with van der Waals surface area (Å²) in [7, 11) is 0. The minimum Gasteiger partial charge on any atom is -0.480 e. The lowest BCUT2D eigenvalue weighted by molar-refractivity contribution is -0.148. The van der Waals surface area contributed by atoms with Gasteiger partial charge in [-0.05, 0) is 57.7 Å². The van der Waals surface area contributed by atoms with Gasteiger partial charge >= 0.3 is 12.0 Å². The number of rotatable bonds is 5. The fraction of sp³-hybridized carbons (Fsp3) is 0.857. The summed E-state index contributed by atoms with van der Waals surface area (Å²) in [4.78, 5) is 25.4. The average Bonchev–Trinajstić information content (AvgIpc) is 2.40. The molecule has 0 unspecified atom stereocenters. The fourth-order valence-corrected chi connectivity index (χ4v) is 2.93. The maximum atomic E-state index is 11.8. The Hall–Kier alpha value is -1.30. The number of carboxylic acids is 1. The molecule has 1 heterocycles. The van der Waals surface area contributed by atoms with Crippen molar-refractivity contribution in [3.63, 3.8) is 0 Å². The molecule has 1 saturated heterocycles. The Morgan fingerprint density at radius 3 is 2.40 bits per heavy atom. The van der Waals surface area contributed by atoms with E-state index in [9.17, 15) is 9.59 Å². The van der Waals surface area contributed by atoms with Gasteiger partial charge in [0.2, 0.25) is 0 Å². The standard InChI is InChI=1S/C14H25N3O3/c1-2-17-8-4-11(5-9-17)10-15-13(20)16-14(12(18)19)6-3-7-14/h11H,2-10H2,1H3,(H,18,19)(H2,15,16,20). The number of nitrogens with one attached hydrogen (secondary N) is 2. The highest BCUT2D eigenvalue weighted by molar-refractivity contribution is 5.87. The minimum absolute atomic E-state index is 0.343. The number of carboxylic acid groups (broad SMARTS) is 1. The van der Waals surface area contributed by atoms with Crippen LogP contribution in [0.4, 0.5) is 4.79 Å². The van der Waals surface area contributed by atoms with Crippen LogP contribution in [-0.4, -0.2) is 53.7 Å². The summed E-state index contributed by atoms with van der Waals surface area (Å²) in [5.74, 6) is -0.416. The first-order valence-corrected chi connectivity index (χ1v) is 7.57. The maximum absolute atomic E-state index is 11.8. The molecule has 0 bridgehead atoms. The summed E-state index contributed by atoms with van der Waals surface area (Å²) in [5, 5.41) is 14.6. The van der Waals surface area contributed by atoms with E-state index in [2.05, 4.69) is 22.5 Å². The number of hydrogen-bond donors (Lipinski definition) is 3. The van der Waals surface area contributed by atoms with Crippen LogP contribution < -0.4 is 10.6 Å². The quantitative estimate of drug-likeness (QED) is 0.704. The minimum atomic E-state index is -1.02. The second-order valence-electron chi connectivity index (χ2n) is 5.95. The van der Waals surface area contributed by atoms with E-state index in [1.54, 1.807) is 0 Å². The number of urea groups is 1. The molecule has 1 aliphatic carbocycles. The van der Waals surface area contributed by atoms with Crippen LogP contribution in [0.3, 0.4) is 0 Å². The Labute approximate surface area is 119 Å². The number of carbonyl (C=O) groups is 2. The van der Waals surface area contributed by atoms with Crippen LogP contribution >= 0.6 is 0 Å². The third-order valence-corrected chi connectivity index (χ3v) is 4.67. The lowest BCUT2D eigenvalue weighted by Gasteiger charge is -2.38. The lowest BCUT2D eigenvalue weighted by atomic mass is 9.77. The van der Waals surface area contributed by atoms with E-state index in [4.69, 9.17) is 5.11 Å². The highest BCUT2D eigenvalue weighted by atomic mass is 16.4. The van der Waals surface area contributed by atoms with Gasteiger partial charge in [0.25, 0.3) is 0 Å². The largest absolute Gasteiger partial charge is 0.480 e. The smallest absolute Gasteiger partial charge is 0.329 e. The highest BCUT2D eigenvalue weighted by Gasteiger charge is 2.45. The molecular weight excluding hydrogens is 258 g/mol. The van der Waals surface area contributed by atoms with Crippen LogP contribution in [0.25, 0.3) is 0 Å². The first-order chi connectivity index (χ1) is 9.55. The molecule has 2 aliphatic rings. The third kappa shape index (κ3) is 3.42. The van der Waals surface area contributed by atoms with Crippen molar-refractivity contribution in [1.29, 1.82) is 0 Å². The SMILES string of the molecule is CCN1CCC(CNC(=O)NC2(C(=O)O)CCC2)CC1. The van der Waals surface area contributed by atoms with Gasteiger partial charge in [-0.1, -0.05) is 6.92 Å². The van der Waals surface area contributed by atoms with E-state index in [-0.39, 0.29) is 6.03 Å². The molecule has 0 aromatic heterocycles.